The van der Waals surface area contributed by atoms with Gasteiger partial charge in [-0.15, -0.1) is 0 Å². The Kier molecular flexibility index (Phi) is 4.45. The van der Waals surface area contributed by atoms with Crippen LogP contribution in [-0.4, -0.2) is 49.1 Å². The molecule has 3 aliphatic carbocycles. The summed E-state index contributed by atoms with van der Waals surface area (Å²) >= 11 is 0. The van der Waals surface area contributed by atoms with E-state index >= 15 is 0 Å². The van der Waals surface area contributed by atoms with E-state index in [1.54, 1.807) is 18.2 Å². The lowest BCUT2D eigenvalue weighted by Gasteiger charge is -2.36. The van der Waals surface area contributed by atoms with Crippen LogP contribution in [0.5, 0.6) is 0 Å². The molecule has 1 aliphatic heterocycles. The van der Waals surface area contributed by atoms with Gasteiger partial charge in [-0.05, 0) is 75.1 Å². The number of sulfonamides is 1. The number of aliphatic hydroxyl groups excluding tert-OH is 1. The van der Waals surface area contributed by atoms with Crippen LogP contribution < -0.4 is 14.9 Å². The van der Waals surface area contributed by atoms with E-state index in [1.807, 2.05) is 19.9 Å². The molecule has 1 amide bonds. The van der Waals surface area contributed by atoms with E-state index in [-0.39, 0.29) is 33.8 Å². The number of carbonyl (C=O) groups is 1. The second-order valence-electron chi connectivity index (χ2n) is 10.9. The van der Waals surface area contributed by atoms with Crippen LogP contribution in [0.4, 0.5) is 11.5 Å². The molecule has 176 valence electrons. The lowest BCUT2D eigenvalue weighted by molar-refractivity contribution is -0.119. The minimum Gasteiger partial charge on any atom is -0.393 e. The normalized spacial score (nSPS) is 31.7. The third-order valence-corrected chi connectivity index (χ3v) is 9.64. The fourth-order valence-electron chi connectivity index (χ4n) is 5.02. The second kappa shape index (κ2) is 6.90. The van der Waals surface area contributed by atoms with Gasteiger partial charge >= 0.3 is 0 Å². The lowest BCUT2D eigenvalue weighted by Crippen LogP contribution is -2.42. The van der Waals surface area contributed by atoms with Crippen molar-refractivity contribution in [2.24, 2.45) is 17.3 Å². The number of pyridine rings is 1. The summed E-state index contributed by atoms with van der Waals surface area (Å²) < 4.78 is 29.3. The number of aromatic nitrogens is 1. The van der Waals surface area contributed by atoms with E-state index in [9.17, 15) is 18.3 Å². The molecule has 9 heteroatoms. The van der Waals surface area contributed by atoms with Gasteiger partial charge in [-0.2, -0.15) is 0 Å². The number of fused-ring (bicyclic) bond motifs is 2. The van der Waals surface area contributed by atoms with Gasteiger partial charge in [0.25, 0.3) is 0 Å². The molecule has 1 saturated heterocycles. The van der Waals surface area contributed by atoms with E-state index in [1.165, 1.54) is 0 Å². The van der Waals surface area contributed by atoms with Gasteiger partial charge in [-0.3, -0.25) is 4.79 Å². The minimum atomic E-state index is -3.73. The summed E-state index contributed by atoms with van der Waals surface area (Å²) in [5.74, 6) is 1.08. The van der Waals surface area contributed by atoms with Crippen molar-refractivity contribution in [3.05, 3.63) is 24.3 Å². The zero-order valence-corrected chi connectivity index (χ0v) is 19.8. The molecule has 1 aromatic heterocycles. The number of benzene rings is 1. The van der Waals surface area contributed by atoms with Gasteiger partial charge in [0, 0.05) is 29.7 Å². The van der Waals surface area contributed by atoms with Gasteiger partial charge in [0.15, 0.2) is 0 Å². The smallest absolute Gasteiger partial charge is 0.241 e. The Morgan fingerprint density at radius 2 is 1.97 bits per heavy atom. The maximum Gasteiger partial charge on any atom is 0.241 e. The molecule has 6 rings (SSSR count). The molecule has 4 fully saturated rings. The van der Waals surface area contributed by atoms with Crippen LogP contribution in [0.15, 0.2) is 29.2 Å². The van der Waals surface area contributed by atoms with E-state index < -0.39 is 10.0 Å². The predicted molar refractivity (Wildman–Crippen MR) is 125 cm³/mol. The molecule has 2 atom stereocenters. The lowest BCUT2D eigenvalue weighted by atomic mass is 9.96. The highest BCUT2D eigenvalue weighted by Gasteiger charge is 2.74. The Hall–Kier alpha value is -2.23. The molecule has 2 aromatic rings. The van der Waals surface area contributed by atoms with Gasteiger partial charge in [-0.1, -0.05) is 6.92 Å². The first-order valence-electron chi connectivity index (χ1n) is 11.8. The molecule has 4 aliphatic rings. The number of rotatable bonds is 6. The molecule has 8 nitrogen and oxygen atoms in total. The number of hydrogen-bond acceptors (Lipinski definition) is 6. The van der Waals surface area contributed by atoms with Gasteiger partial charge in [0.1, 0.15) is 5.82 Å². The Balaban J connectivity index is 1.40. The molecule has 2 heterocycles. The van der Waals surface area contributed by atoms with Crippen molar-refractivity contribution in [2.75, 3.05) is 23.3 Å². The summed E-state index contributed by atoms with van der Waals surface area (Å²) in [5.41, 5.74) is 0.777. The molecule has 0 bridgehead atoms. The van der Waals surface area contributed by atoms with E-state index in [0.717, 1.165) is 36.8 Å². The molecular weight excluding hydrogens is 440 g/mol. The Bertz CT molecular complexity index is 1270. The maximum absolute atomic E-state index is 13.2. The summed E-state index contributed by atoms with van der Waals surface area (Å²) in [5, 5.41) is 14.0. The van der Waals surface area contributed by atoms with Crippen LogP contribution in [0.25, 0.3) is 10.9 Å². The van der Waals surface area contributed by atoms with Crippen LogP contribution in [-0.2, 0) is 14.8 Å². The number of hydrogen-bond donors (Lipinski definition) is 3. The van der Waals surface area contributed by atoms with Gasteiger partial charge in [0.05, 0.1) is 21.9 Å². The van der Waals surface area contributed by atoms with Crippen LogP contribution in [0.2, 0.25) is 0 Å². The number of carbonyl (C=O) groups excluding carboxylic acids is 1. The van der Waals surface area contributed by atoms with Gasteiger partial charge in [0.2, 0.25) is 15.9 Å². The highest BCUT2D eigenvalue weighted by molar-refractivity contribution is 7.89. The Morgan fingerprint density at radius 1 is 1.24 bits per heavy atom. The summed E-state index contributed by atoms with van der Waals surface area (Å²) in [7, 11) is -3.73. The molecule has 0 radical (unpaired) electrons. The number of nitrogens with zero attached hydrogens (tertiary/aromatic N) is 2. The number of nitrogens with one attached hydrogen (secondary N) is 2. The van der Waals surface area contributed by atoms with Crippen LogP contribution in [0.3, 0.4) is 0 Å². The number of aliphatic hydroxyl groups is 1. The van der Waals surface area contributed by atoms with Crippen molar-refractivity contribution in [1.82, 2.24) is 9.71 Å². The molecule has 1 aromatic carbocycles. The quantitative estimate of drug-likeness (QED) is 0.598. The molecular formula is C24H30N4O4S. The molecule has 3 saturated carbocycles. The van der Waals surface area contributed by atoms with Crippen LogP contribution >= 0.6 is 0 Å². The predicted octanol–water partition coefficient (Wildman–Crippen LogP) is 2.62. The van der Waals surface area contributed by atoms with Crippen molar-refractivity contribution in [3.63, 3.8) is 0 Å². The van der Waals surface area contributed by atoms with Crippen molar-refractivity contribution in [1.29, 1.82) is 0 Å². The third-order valence-electron chi connectivity index (χ3n) is 8.03. The summed E-state index contributed by atoms with van der Waals surface area (Å²) in [6.45, 7) is 5.18. The van der Waals surface area contributed by atoms with Gasteiger partial charge < -0.3 is 15.3 Å². The number of piperidine rings is 1. The molecule has 33 heavy (non-hydrogen) atoms. The Morgan fingerprint density at radius 3 is 2.61 bits per heavy atom. The van der Waals surface area contributed by atoms with Crippen molar-refractivity contribution >= 4 is 38.3 Å². The Labute approximate surface area is 193 Å². The zero-order chi connectivity index (χ0) is 23.2. The second-order valence-corrected chi connectivity index (χ2v) is 12.5. The monoisotopic (exact) mass is 470 g/mol. The average Bonchev–Trinajstić information content (AvgIpc) is 3.66. The molecule has 0 unspecified atom stereocenters. The van der Waals surface area contributed by atoms with Crippen molar-refractivity contribution in [3.8, 4) is 0 Å². The molecule has 0 spiro atoms. The number of amides is 1. The van der Waals surface area contributed by atoms with E-state index in [4.69, 9.17) is 0 Å². The first kappa shape index (κ1) is 21.3. The van der Waals surface area contributed by atoms with E-state index in [0.29, 0.717) is 36.8 Å². The summed E-state index contributed by atoms with van der Waals surface area (Å²) in [4.78, 5) is 19.5. The topological polar surface area (TPSA) is 112 Å². The molecule has 3 N–H and O–H groups in total. The highest BCUT2D eigenvalue weighted by atomic mass is 32.2. The SMILES string of the molecule is C[C@H]1CN(c2cc(S(=O)(=O)NC3(C)CC3)cc3nc(NC(=O)C45CC4C5)ccc23)CC[C@@H]1O. The fraction of sp³-hybridized carbons (Fsp3) is 0.583. The zero-order valence-electron chi connectivity index (χ0n) is 19.0. The van der Waals surface area contributed by atoms with Crippen LogP contribution in [0, 0.1) is 17.3 Å². The highest BCUT2D eigenvalue weighted by Crippen LogP contribution is 2.75. The summed E-state index contributed by atoms with van der Waals surface area (Å²) in [6.07, 6.45) is 3.84. The minimum absolute atomic E-state index is 0.0190. The van der Waals surface area contributed by atoms with Gasteiger partial charge in [-0.25, -0.2) is 18.1 Å². The first-order chi connectivity index (χ1) is 15.6. The van der Waals surface area contributed by atoms with E-state index in [2.05, 4.69) is 19.9 Å². The standard InChI is InChI=1S/C24H30N4O4S/c1-14-13-28(8-5-20(14)29)19-10-16(33(31,32)27-23(2)6-7-23)9-18-17(19)3-4-21(25-18)26-22(30)24-11-15(24)12-24/h3-4,9-10,14-15,20,27,29H,5-8,11-13H2,1-2H3,(H,25,26,30)/t14-,15?,20-,24?/m0/s1. The fourth-order valence-corrected chi connectivity index (χ4v) is 6.52. The number of anilines is 2. The first-order valence-corrected chi connectivity index (χ1v) is 13.3. The largest absolute Gasteiger partial charge is 0.393 e. The summed E-state index contributed by atoms with van der Waals surface area (Å²) in [6, 6.07) is 7.02. The maximum atomic E-state index is 13.2. The average molecular weight is 471 g/mol. The van der Waals surface area contributed by atoms with Crippen molar-refractivity contribution < 1.29 is 18.3 Å². The van der Waals surface area contributed by atoms with Crippen LogP contribution in [0.1, 0.15) is 46.0 Å². The van der Waals surface area contributed by atoms with Crippen molar-refractivity contribution in [2.45, 2.75) is 62.5 Å². The third kappa shape index (κ3) is 3.70.